The van der Waals surface area contributed by atoms with Gasteiger partial charge in [-0.2, -0.15) is 0 Å². The Kier molecular flexibility index (Phi) is 3.41. The summed E-state index contributed by atoms with van der Waals surface area (Å²) >= 11 is 0. The zero-order chi connectivity index (χ0) is 13.8. The van der Waals surface area contributed by atoms with Gasteiger partial charge in [0.2, 0.25) is 0 Å². The molecule has 3 aromatic rings. The Morgan fingerprint density at radius 1 is 1.10 bits per heavy atom. The molecule has 0 bridgehead atoms. The van der Waals surface area contributed by atoms with Crippen molar-refractivity contribution in [2.75, 3.05) is 5.32 Å². The molecular formula is C15H15N5. The van der Waals surface area contributed by atoms with Gasteiger partial charge in [-0.05, 0) is 17.7 Å². The number of nitrogens with one attached hydrogen (secondary N) is 1. The fourth-order valence-electron chi connectivity index (χ4n) is 2.04. The molecule has 0 unspecified atom stereocenters. The van der Waals surface area contributed by atoms with E-state index in [1.807, 2.05) is 31.3 Å². The predicted molar refractivity (Wildman–Crippen MR) is 78.0 cm³/mol. The molecule has 1 N–H and O–H groups in total. The molecule has 0 amide bonds. The van der Waals surface area contributed by atoms with Gasteiger partial charge in [-0.1, -0.05) is 35.5 Å². The van der Waals surface area contributed by atoms with Crippen molar-refractivity contribution < 1.29 is 0 Å². The van der Waals surface area contributed by atoms with Crippen molar-refractivity contribution in [2.45, 2.75) is 6.54 Å². The Morgan fingerprint density at radius 2 is 1.95 bits per heavy atom. The second-order valence-electron chi connectivity index (χ2n) is 4.47. The second kappa shape index (κ2) is 5.52. The SMILES string of the molecule is Cn1nncc1CNc1ncccc1-c1ccccc1. The molecule has 0 aliphatic heterocycles. The van der Waals surface area contributed by atoms with Gasteiger partial charge in [0.25, 0.3) is 0 Å². The van der Waals surface area contributed by atoms with Crippen LogP contribution in [0.25, 0.3) is 11.1 Å². The average Bonchev–Trinajstić information content (AvgIpc) is 2.92. The highest BCUT2D eigenvalue weighted by molar-refractivity contribution is 5.74. The fraction of sp³-hybridized carbons (Fsp3) is 0.133. The van der Waals surface area contributed by atoms with Gasteiger partial charge in [0.05, 0.1) is 18.4 Å². The summed E-state index contributed by atoms with van der Waals surface area (Å²) in [5.74, 6) is 0.861. The van der Waals surface area contributed by atoms with Crippen LogP contribution >= 0.6 is 0 Å². The van der Waals surface area contributed by atoms with Gasteiger partial charge in [0.15, 0.2) is 0 Å². The summed E-state index contributed by atoms with van der Waals surface area (Å²) < 4.78 is 1.75. The fourth-order valence-corrected chi connectivity index (χ4v) is 2.04. The number of hydrogen-bond donors (Lipinski definition) is 1. The minimum absolute atomic E-state index is 0.639. The highest BCUT2D eigenvalue weighted by Crippen LogP contribution is 2.25. The Balaban J connectivity index is 1.85. The summed E-state index contributed by atoms with van der Waals surface area (Å²) in [7, 11) is 1.88. The van der Waals surface area contributed by atoms with Crippen LogP contribution in [0.3, 0.4) is 0 Å². The number of aryl methyl sites for hydroxylation is 1. The van der Waals surface area contributed by atoms with Gasteiger partial charge in [-0.3, -0.25) is 4.68 Å². The molecule has 0 spiro atoms. The first-order chi connectivity index (χ1) is 9.84. The lowest BCUT2D eigenvalue weighted by Crippen LogP contribution is -2.07. The summed E-state index contributed by atoms with van der Waals surface area (Å²) in [4.78, 5) is 4.42. The van der Waals surface area contributed by atoms with E-state index in [9.17, 15) is 0 Å². The number of nitrogens with zero attached hydrogens (tertiary/aromatic N) is 4. The molecule has 100 valence electrons. The largest absolute Gasteiger partial charge is 0.364 e. The van der Waals surface area contributed by atoms with Gasteiger partial charge in [0, 0.05) is 18.8 Å². The van der Waals surface area contributed by atoms with E-state index >= 15 is 0 Å². The molecule has 0 aliphatic rings. The molecule has 3 rings (SSSR count). The van der Waals surface area contributed by atoms with Gasteiger partial charge in [-0.15, -0.1) is 5.10 Å². The third-order valence-corrected chi connectivity index (χ3v) is 3.14. The van der Waals surface area contributed by atoms with Crippen LogP contribution < -0.4 is 5.32 Å². The Morgan fingerprint density at radius 3 is 2.70 bits per heavy atom. The maximum atomic E-state index is 4.42. The van der Waals surface area contributed by atoms with Crippen molar-refractivity contribution in [1.29, 1.82) is 0 Å². The van der Waals surface area contributed by atoms with E-state index < -0.39 is 0 Å². The molecule has 1 aromatic carbocycles. The summed E-state index contributed by atoms with van der Waals surface area (Å²) in [6, 6.07) is 14.2. The summed E-state index contributed by atoms with van der Waals surface area (Å²) in [6.07, 6.45) is 3.54. The molecule has 0 radical (unpaired) electrons. The molecule has 5 heteroatoms. The summed E-state index contributed by atoms with van der Waals surface area (Å²) in [5, 5.41) is 11.1. The highest BCUT2D eigenvalue weighted by Gasteiger charge is 2.06. The normalized spacial score (nSPS) is 10.4. The first kappa shape index (κ1) is 12.3. The Labute approximate surface area is 117 Å². The smallest absolute Gasteiger partial charge is 0.134 e. The lowest BCUT2D eigenvalue weighted by Gasteiger charge is -2.10. The number of pyridine rings is 1. The van der Waals surface area contributed by atoms with Crippen LogP contribution in [-0.2, 0) is 13.6 Å². The molecule has 2 aromatic heterocycles. The molecule has 0 saturated heterocycles. The van der Waals surface area contributed by atoms with Crippen molar-refractivity contribution in [2.24, 2.45) is 7.05 Å². The number of anilines is 1. The summed E-state index contributed by atoms with van der Waals surface area (Å²) in [5.41, 5.74) is 3.24. The minimum Gasteiger partial charge on any atom is -0.364 e. The highest BCUT2D eigenvalue weighted by atomic mass is 15.4. The van der Waals surface area contributed by atoms with Crippen LogP contribution in [-0.4, -0.2) is 20.0 Å². The maximum absolute atomic E-state index is 4.42. The number of hydrogen-bond acceptors (Lipinski definition) is 4. The molecule has 0 saturated carbocycles. The first-order valence-electron chi connectivity index (χ1n) is 6.42. The zero-order valence-electron chi connectivity index (χ0n) is 11.2. The van der Waals surface area contributed by atoms with Crippen LogP contribution in [0.2, 0.25) is 0 Å². The second-order valence-corrected chi connectivity index (χ2v) is 4.47. The standard InChI is InChI=1S/C15H15N5/c1-20-13(11-18-19-20)10-17-15-14(8-5-9-16-15)12-6-3-2-4-7-12/h2-9,11H,10H2,1H3,(H,16,17). The van der Waals surface area contributed by atoms with Crippen LogP contribution in [0.15, 0.2) is 54.9 Å². The van der Waals surface area contributed by atoms with Crippen LogP contribution in [0, 0.1) is 0 Å². The first-order valence-corrected chi connectivity index (χ1v) is 6.42. The van der Waals surface area contributed by atoms with E-state index in [0.717, 1.165) is 22.6 Å². The van der Waals surface area contributed by atoms with Crippen molar-refractivity contribution in [3.8, 4) is 11.1 Å². The number of aromatic nitrogens is 4. The third-order valence-electron chi connectivity index (χ3n) is 3.14. The predicted octanol–water partition coefficient (Wildman–Crippen LogP) is 2.49. The molecular weight excluding hydrogens is 250 g/mol. The van der Waals surface area contributed by atoms with Crippen LogP contribution in [0.4, 0.5) is 5.82 Å². The van der Waals surface area contributed by atoms with Crippen molar-refractivity contribution in [3.63, 3.8) is 0 Å². The van der Waals surface area contributed by atoms with Gasteiger partial charge in [0.1, 0.15) is 5.82 Å². The number of rotatable bonds is 4. The lowest BCUT2D eigenvalue weighted by atomic mass is 10.1. The number of benzene rings is 1. The molecule has 5 nitrogen and oxygen atoms in total. The molecule has 0 atom stereocenters. The van der Waals surface area contributed by atoms with E-state index in [1.54, 1.807) is 17.1 Å². The lowest BCUT2D eigenvalue weighted by molar-refractivity contribution is 0.683. The van der Waals surface area contributed by atoms with Crippen molar-refractivity contribution in [1.82, 2.24) is 20.0 Å². The van der Waals surface area contributed by atoms with Gasteiger partial charge < -0.3 is 5.32 Å². The van der Waals surface area contributed by atoms with Crippen LogP contribution in [0.5, 0.6) is 0 Å². The van der Waals surface area contributed by atoms with Gasteiger partial charge >= 0.3 is 0 Å². The average molecular weight is 265 g/mol. The molecule has 0 fully saturated rings. The topological polar surface area (TPSA) is 55.6 Å². The third kappa shape index (κ3) is 2.51. The van der Waals surface area contributed by atoms with E-state index in [1.165, 1.54) is 0 Å². The van der Waals surface area contributed by atoms with Gasteiger partial charge in [-0.25, -0.2) is 4.98 Å². The van der Waals surface area contributed by atoms with E-state index in [-0.39, 0.29) is 0 Å². The van der Waals surface area contributed by atoms with Crippen LogP contribution in [0.1, 0.15) is 5.69 Å². The van der Waals surface area contributed by atoms with Crippen molar-refractivity contribution >= 4 is 5.82 Å². The van der Waals surface area contributed by atoms with E-state index in [4.69, 9.17) is 0 Å². The zero-order valence-corrected chi connectivity index (χ0v) is 11.2. The van der Waals surface area contributed by atoms with E-state index in [0.29, 0.717) is 6.54 Å². The van der Waals surface area contributed by atoms with Crippen molar-refractivity contribution in [3.05, 3.63) is 60.6 Å². The monoisotopic (exact) mass is 265 g/mol. The molecule has 0 aliphatic carbocycles. The van der Waals surface area contributed by atoms with E-state index in [2.05, 4.69) is 38.8 Å². The Bertz CT molecular complexity index is 690. The maximum Gasteiger partial charge on any atom is 0.134 e. The molecule has 20 heavy (non-hydrogen) atoms. The Hall–Kier alpha value is -2.69. The molecule has 2 heterocycles. The minimum atomic E-state index is 0.639. The summed E-state index contributed by atoms with van der Waals surface area (Å²) in [6.45, 7) is 0.639. The quantitative estimate of drug-likeness (QED) is 0.787.